The number of morpholine rings is 1. The van der Waals surface area contributed by atoms with Crippen LogP contribution < -0.4 is 10.2 Å². The van der Waals surface area contributed by atoms with E-state index in [9.17, 15) is 14.7 Å². The molecule has 1 fully saturated rings. The third-order valence-electron chi connectivity index (χ3n) is 5.07. The Kier molecular flexibility index (Phi) is 4.98. The lowest BCUT2D eigenvalue weighted by atomic mass is 10.1. The van der Waals surface area contributed by atoms with E-state index in [1.165, 1.54) is 5.56 Å². The molecule has 0 radical (unpaired) electrons. The fourth-order valence-electron chi connectivity index (χ4n) is 3.49. The van der Waals surface area contributed by atoms with Gasteiger partial charge in [0.1, 0.15) is 0 Å². The Bertz CT molecular complexity index is 936. The van der Waals surface area contributed by atoms with Crippen molar-refractivity contribution in [1.82, 2.24) is 0 Å². The second kappa shape index (κ2) is 7.58. The van der Waals surface area contributed by atoms with Crippen molar-refractivity contribution in [1.29, 1.82) is 0 Å². The number of rotatable bonds is 4. The minimum absolute atomic E-state index is 0.248. The van der Waals surface area contributed by atoms with Gasteiger partial charge in [-0.05, 0) is 48.7 Å². The molecule has 0 bridgehead atoms. The van der Waals surface area contributed by atoms with Gasteiger partial charge in [0.2, 0.25) is 0 Å². The van der Waals surface area contributed by atoms with Crippen LogP contribution in [0.2, 0.25) is 0 Å². The number of carbonyl (C=O) groups excluding carboxylic acids is 2. The van der Waals surface area contributed by atoms with Crippen LogP contribution in [0, 0.1) is 6.92 Å². The Hall–Kier alpha value is -2.96. The summed E-state index contributed by atoms with van der Waals surface area (Å²) in [6.07, 6.45) is 2.10. The number of fused-ring (bicyclic) bond motifs is 1. The molecule has 4 rings (SSSR count). The quantitative estimate of drug-likeness (QED) is 0.856. The first-order valence-corrected chi connectivity index (χ1v) is 9.31. The Morgan fingerprint density at radius 1 is 1.25 bits per heavy atom. The van der Waals surface area contributed by atoms with Crippen LogP contribution >= 0.6 is 0 Å². The molecule has 2 aromatic carbocycles. The van der Waals surface area contributed by atoms with Crippen molar-refractivity contribution in [2.45, 2.75) is 25.6 Å². The fourth-order valence-corrected chi connectivity index (χ4v) is 3.49. The Morgan fingerprint density at radius 3 is 2.82 bits per heavy atom. The maximum Gasteiger partial charge on any atom is 0.259 e. The number of hydrogen-bond donors (Lipinski definition) is 2. The molecule has 2 atom stereocenters. The van der Waals surface area contributed by atoms with Crippen molar-refractivity contribution in [2.24, 2.45) is 0 Å². The van der Waals surface area contributed by atoms with Crippen LogP contribution in [0.15, 0.2) is 48.5 Å². The lowest BCUT2D eigenvalue weighted by Gasteiger charge is -2.34. The lowest BCUT2D eigenvalue weighted by Crippen LogP contribution is -2.55. The smallest absolute Gasteiger partial charge is 0.259 e. The number of carbonyl (C=O) groups is 2. The Morgan fingerprint density at radius 2 is 2.04 bits per heavy atom. The highest BCUT2D eigenvalue weighted by molar-refractivity contribution is 6.03. The predicted molar refractivity (Wildman–Crippen MR) is 107 cm³/mol. The first kappa shape index (κ1) is 18.4. The number of nitrogens with one attached hydrogen (secondary N) is 1. The van der Waals surface area contributed by atoms with Gasteiger partial charge in [0, 0.05) is 17.9 Å². The summed E-state index contributed by atoms with van der Waals surface area (Å²) in [6, 6.07) is 13.1. The zero-order valence-corrected chi connectivity index (χ0v) is 15.6. The Balaban J connectivity index is 1.46. The maximum atomic E-state index is 12.8. The normalized spacial score (nSPS) is 19.4. The van der Waals surface area contributed by atoms with E-state index in [1.807, 2.05) is 49.4 Å². The summed E-state index contributed by atoms with van der Waals surface area (Å²) in [6.45, 7) is 2.60. The zero-order chi connectivity index (χ0) is 19.7. The largest absolute Gasteiger partial charge is 0.380 e. The predicted octanol–water partition coefficient (Wildman–Crippen LogP) is 2.30. The molecule has 0 aromatic heterocycles. The third kappa shape index (κ3) is 3.56. The number of nitrogens with zero attached hydrogens (tertiary/aromatic N) is 1. The van der Waals surface area contributed by atoms with Gasteiger partial charge < -0.3 is 20.1 Å². The third-order valence-corrected chi connectivity index (χ3v) is 5.07. The van der Waals surface area contributed by atoms with Crippen LogP contribution in [0.25, 0.3) is 6.08 Å². The number of benzene rings is 2. The van der Waals surface area contributed by atoms with Crippen LogP contribution in [0.5, 0.6) is 0 Å². The molecule has 2 N–H and O–H groups in total. The molecular weight excluding hydrogens is 356 g/mol. The minimum atomic E-state index is -1.59. The summed E-state index contributed by atoms with van der Waals surface area (Å²) in [5, 5.41) is 13.2. The highest BCUT2D eigenvalue weighted by Crippen LogP contribution is 2.24. The van der Waals surface area contributed by atoms with Gasteiger partial charge in [0.05, 0.1) is 6.61 Å². The molecule has 28 heavy (non-hydrogen) atoms. The summed E-state index contributed by atoms with van der Waals surface area (Å²) in [5.41, 5.74) is 4.63. The monoisotopic (exact) mass is 378 g/mol. The van der Waals surface area contributed by atoms with E-state index in [4.69, 9.17) is 4.74 Å². The first-order valence-electron chi connectivity index (χ1n) is 9.31. The molecule has 6 heteroatoms. The molecule has 144 valence electrons. The van der Waals surface area contributed by atoms with E-state index in [1.54, 1.807) is 11.0 Å². The molecule has 2 unspecified atom stereocenters. The number of allylic oxidation sites excluding steroid dienone is 1. The van der Waals surface area contributed by atoms with Gasteiger partial charge in [-0.15, -0.1) is 0 Å². The van der Waals surface area contributed by atoms with Crippen molar-refractivity contribution in [2.75, 3.05) is 23.4 Å². The van der Waals surface area contributed by atoms with Gasteiger partial charge in [-0.25, -0.2) is 0 Å². The van der Waals surface area contributed by atoms with E-state index in [0.717, 1.165) is 23.2 Å². The SMILES string of the molecule is Cc1ccc(N2CCOC(C(O)C(=O)Nc3ccc4c(c3)C=CC4)C2=O)cc1. The van der Waals surface area contributed by atoms with E-state index in [2.05, 4.69) is 11.4 Å². The molecule has 1 aliphatic heterocycles. The van der Waals surface area contributed by atoms with E-state index >= 15 is 0 Å². The highest BCUT2D eigenvalue weighted by Gasteiger charge is 2.39. The molecule has 0 saturated carbocycles. The molecule has 2 aliphatic rings. The maximum absolute atomic E-state index is 12.8. The molecular formula is C22H22N2O4. The van der Waals surface area contributed by atoms with Crippen LogP contribution in [0.1, 0.15) is 16.7 Å². The number of ether oxygens (including phenoxy) is 1. The molecule has 2 aromatic rings. The Labute approximate surface area is 163 Å². The van der Waals surface area contributed by atoms with Crippen molar-refractivity contribution in [3.63, 3.8) is 0 Å². The van der Waals surface area contributed by atoms with Gasteiger partial charge in [-0.1, -0.05) is 35.9 Å². The standard InChI is InChI=1S/C22H22N2O4/c1-14-5-9-18(10-6-14)24-11-12-28-20(22(24)27)19(25)21(26)23-17-8-7-15-3-2-4-16(15)13-17/h2,4-10,13,19-20,25H,3,11-12H2,1H3,(H,23,26). The van der Waals surface area contributed by atoms with Crippen LogP contribution in [-0.4, -0.2) is 42.3 Å². The van der Waals surface area contributed by atoms with Crippen LogP contribution in [0.3, 0.4) is 0 Å². The molecule has 0 spiro atoms. The summed E-state index contributed by atoms with van der Waals surface area (Å²) < 4.78 is 5.45. The topological polar surface area (TPSA) is 78.9 Å². The van der Waals surface area contributed by atoms with E-state index in [0.29, 0.717) is 12.2 Å². The van der Waals surface area contributed by atoms with Crippen molar-refractivity contribution in [3.8, 4) is 0 Å². The number of amides is 2. The average molecular weight is 378 g/mol. The number of aliphatic hydroxyl groups is 1. The number of aryl methyl sites for hydroxylation is 1. The number of aliphatic hydroxyl groups excluding tert-OH is 1. The second-order valence-corrected chi connectivity index (χ2v) is 7.07. The first-order chi connectivity index (χ1) is 13.5. The van der Waals surface area contributed by atoms with Crippen LogP contribution in [-0.2, 0) is 20.7 Å². The van der Waals surface area contributed by atoms with Gasteiger partial charge in [-0.3, -0.25) is 9.59 Å². The van der Waals surface area contributed by atoms with Crippen LogP contribution in [0.4, 0.5) is 11.4 Å². The summed E-state index contributed by atoms with van der Waals surface area (Å²) in [4.78, 5) is 26.9. The van der Waals surface area contributed by atoms with E-state index in [-0.39, 0.29) is 6.61 Å². The number of hydrogen-bond acceptors (Lipinski definition) is 4. The lowest BCUT2D eigenvalue weighted by molar-refractivity contribution is -0.150. The molecule has 1 saturated heterocycles. The zero-order valence-electron chi connectivity index (χ0n) is 15.6. The molecule has 6 nitrogen and oxygen atoms in total. The van der Waals surface area contributed by atoms with Gasteiger partial charge >= 0.3 is 0 Å². The average Bonchev–Trinajstić information content (AvgIpc) is 3.16. The van der Waals surface area contributed by atoms with Crippen molar-refractivity contribution < 1.29 is 19.4 Å². The van der Waals surface area contributed by atoms with Gasteiger partial charge in [0.15, 0.2) is 12.2 Å². The molecule has 2 amide bonds. The fraction of sp³-hybridized carbons (Fsp3) is 0.273. The summed E-state index contributed by atoms with van der Waals surface area (Å²) >= 11 is 0. The van der Waals surface area contributed by atoms with Crippen molar-refractivity contribution in [3.05, 3.63) is 65.2 Å². The summed E-state index contributed by atoms with van der Waals surface area (Å²) in [5.74, 6) is -1.08. The van der Waals surface area contributed by atoms with Crippen molar-refractivity contribution >= 4 is 29.3 Å². The molecule has 1 aliphatic carbocycles. The number of anilines is 2. The second-order valence-electron chi connectivity index (χ2n) is 7.07. The van der Waals surface area contributed by atoms with Gasteiger partial charge in [0.25, 0.3) is 11.8 Å². The highest BCUT2D eigenvalue weighted by atomic mass is 16.5. The molecule has 1 heterocycles. The van der Waals surface area contributed by atoms with Gasteiger partial charge in [-0.2, -0.15) is 0 Å². The summed E-state index contributed by atoms with van der Waals surface area (Å²) in [7, 11) is 0. The van der Waals surface area contributed by atoms with E-state index < -0.39 is 24.0 Å². The minimum Gasteiger partial charge on any atom is -0.380 e.